The Balaban J connectivity index is 2.22. The summed E-state index contributed by atoms with van der Waals surface area (Å²) in [4.78, 5) is 2.28. The third kappa shape index (κ3) is 3.33. The average molecular weight is 300 g/mol. The van der Waals surface area contributed by atoms with Crippen molar-refractivity contribution in [3.05, 3.63) is 34.6 Å². The number of benzene rings is 1. The summed E-state index contributed by atoms with van der Waals surface area (Å²) in [6.45, 7) is 5.88. The van der Waals surface area contributed by atoms with Crippen molar-refractivity contribution < 1.29 is 9.50 Å². The lowest BCUT2D eigenvalue weighted by molar-refractivity contribution is -0.0118. The summed E-state index contributed by atoms with van der Waals surface area (Å²) in [5.41, 5.74) is -0.164. The van der Waals surface area contributed by atoms with E-state index in [9.17, 15) is 9.50 Å². The number of likely N-dealkylation sites (tertiary alicyclic amines) is 1. The maximum absolute atomic E-state index is 14.0. The van der Waals surface area contributed by atoms with Gasteiger partial charge >= 0.3 is 0 Å². The maximum Gasteiger partial charge on any atom is 0.130 e. The zero-order valence-electron chi connectivity index (χ0n) is 12.2. The van der Waals surface area contributed by atoms with Crippen molar-refractivity contribution in [3.8, 4) is 0 Å². The third-order valence-electron chi connectivity index (χ3n) is 4.35. The highest BCUT2D eigenvalue weighted by Crippen LogP contribution is 2.34. The summed E-state index contributed by atoms with van der Waals surface area (Å²) in [6, 6.07) is 4.47. The van der Waals surface area contributed by atoms with Crippen molar-refractivity contribution in [2.45, 2.75) is 51.2 Å². The summed E-state index contributed by atoms with van der Waals surface area (Å²) >= 11 is 5.77. The van der Waals surface area contributed by atoms with Gasteiger partial charge in [0.2, 0.25) is 0 Å². The van der Waals surface area contributed by atoms with E-state index in [-0.39, 0.29) is 0 Å². The summed E-state index contributed by atoms with van der Waals surface area (Å²) in [5.74, 6) is -0.437. The van der Waals surface area contributed by atoms with E-state index >= 15 is 0 Å². The van der Waals surface area contributed by atoms with Crippen LogP contribution in [0.5, 0.6) is 0 Å². The average Bonchev–Trinajstić information content (AvgIpc) is 2.67. The molecule has 1 aliphatic rings. The molecule has 1 heterocycles. The van der Waals surface area contributed by atoms with Gasteiger partial charge in [-0.25, -0.2) is 4.39 Å². The van der Waals surface area contributed by atoms with Crippen LogP contribution in [0.2, 0.25) is 5.02 Å². The predicted octanol–water partition coefficient (Wildman–Crippen LogP) is 4.17. The lowest BCUT2D eigenvalue weighted by atomic mass is 9.89. The predicted molar refractivity (Wildman–Crippen MR) is 80.5 cm³/mol. The number of rotatable bonds is 3. The van der Waals surface area contributed by atoms with Crippen LogP contribution in [-0.2, 0) is 0 Å². The molecule has 1 aliphatic heterocycles. The number of halogens is 2. The molecule has 1 aromatic rings. The third-order valence-corrected chi connectivity index (χ3v) is 4.58. The van der Waals surface area contributed by atoms with Crippen LogP contribution < -0.4 is 0 Å². The van der Waals surface area contributed by atoms with E-state index in [1.54, 1.807) is 12.1 Å². The van der Waals surface area contributed by atoms with Crippen LogP contribution in [0.3, 0.4) is 0 Å². The Morgan fingerprint density at radius 2 is 1.80 bits per heavy atom. The van der Waals surface area contributed by atoms with Gasteiger partial charge in [-0.1, -0.05) is 30.5 Å². The van der Waals surface area contributed by atoms with Crippen LogP contribution in [0.25, 0.3) is 0 Å². The molecule has 0 radical (unpaired) electrons. The first-order chi connectivity index (χ1) is 9.43. The van der Waals surface area contributed by atoms with Crippen LogP contribution >= 0.6 is 11.6 Å². The lowest BCUT2D eigenvalue weighted by Crippen LogP contribution is -2.49. The second kappa shape index (κ2) is 6.42. The first-order valence-electron chi connectivity index (χ1n) is 7.31. The monoisotopic (exact) mass is 299 g/mol. The van der Waals surface area contributed by atoms with E-state index in [1.165, 1.54) is 18.9 Å². The molecule has 0 aromatic heterocycles. The Labute approximate surface area is 125 Å². The molecule has 1 N–H and O–H groups in total. The molecule has 1 fully saturated rings. The molecule has 2 nitrogen and oxygen atoms in total. The summed E-state index contributed by atoms with van der Waals surface area (Å²) < 4.78 is 14.0. The molecule has 0 amide bonds. The summed E-state index contributed by atoms with van der Waals surface area (Å²) in [5, 5.41) is 11.0. The van der Waals surface area contributed by atoms with Gasteiger partial charge in [-0.2, -0.15) is 0 Å². The van der Waals surface area contributed by atoms with Gasteiger partial charge in [0.25, 0.3) is 0 Å². The molecule has 1 atom stereocenters. The standard InChI is InChI=1S/C16H23ClFNO/c1-16(2,19-9-5-3-4-6-10-19)15(20)13-8-7-12(17)11-14(13)18/h7-8,11,15,20H,3-6,9-10H2,1-2H3. The van der Waals surface area contributed by atoms with Crippen LogP contribution in [0.1, 0.15) is 51.2 Å². The van der Waals surface area contributed by atoms with Gasteiger partial charge in [-0.15, -0.1) is 0 Å². The van der Waals surface area contributed by atoms with Gasteiger partial charge in [0.05, 0.1) is 6.10 Å². The van der Waals surface area contributed by atoms with Gasteiger partial charge in [-0.05, 0) is 51.9 Å². The maximum atomic E-state index is 14.0. The highest BCUT2D eigenvalue weighted by atomic mass is 35.5. The first-order valence-corrected chi connectivity index (χ1v) is 7.69. The van der Waals surface area contributed by atoms with E-state index in [2.05, 4.69) is 4.90 Å². The van der Waals surface area contributed by atoms with E-state index in [0.29, 0.717) is 10.6 Å². The Bertz CT molecular complexity index is 456. The van der Waals surface area contributed by atoms with E-state index in [4.69, 9.17) is 11.6 Å². The minimum Gasteiger partial charge on any atom is -0.386 e. The molecule has 4 heteroatoms. The SMILES string of the molecule is CC(C)(C(O)c1ccc(Cl)cc1F)N1CCCCCC1. The Morgan fingerprint density at radius 3 is 2.35 bits per heavy atom. The van der Waals surface area contributed by atoms with Crippen molar-refractivity contribution in [2.24, 2.45) is 0 Å². The Hall–Kier alpha value is -0.640. The topological polar surface area (TPSA) is 23.5 Å². The summed E-state index contributed by atoms with van der Waals surface area (Å²) in [7, 11) is 0. The minimum absolute atomic E-state index is 0.323. The number of hydrogen-bond acceptors (Lipinski definition) is 2. The fourth-order valence-electron chi connectivity index (χ4n) is 2.92. The molecule has 0 saturated carbocycles. The van der Waals surface area contributed by atoms with E-state index in [1.807, 2.05) is 13.8 Å². The van der Waals surface area contributed by atoms with Crippen LogP contribution in [0.15, 0.2) is 18.2 Å². The van der Waals surface area contributed by atoms with Gasteiger partial charge in [0.1, 0.15) is 5.82 Å². The molecule has 0 bridgehead atoms. The number of hydrogen-bond donors (Lipinski definition) is 1. The lowest BCUT2D eigenvalue weighted by Gasteiger charge is -2.41. The van der Waals surface area contributed by atoms with Gasteiger partial charge < -0.3 is 5.11 Å². The molecule has 0 spiro atoms. The van der Waals surface area contributed by atoms with Gasteiger partial charge in [0.15, 0.2) is 0 Å². The molecule has 2 rings (SSSR count). The second-order valence-electron chi connectivity index (χ2n) is 6.12. The van der Waals surface area contributed by atoms with Gasteiger partial charge in [0, 0.05) is 16.1 Å². The number of aliphatic hydroxyl groups excluding tert-OH is 1. The van der Waals surface area contributed by atoms with E-state index < -0.39 is 17.5 Å². The largest absolute Gasteiger partial charge is 0.386 e. The molecular formula is C16H23ClFNO. The smallest absolute Gasteiger partial charge is 0.130 e. The van der Waals surface area contributed by atoms with Crippen LogP contribution in [0.4, 0.5) is 4.39 Å². The Morgan fingerprint density at radius 1 is 1.20 bits per heavy atom. The molecule has 112 valence electrons. The second-order valence-corrected chi connectivity index (χ2v) is 6.56. The van der Waals surface area contributed by atoms with Crippen molar-refractivity contribution in [2.75, 3.05) is 13.1 Å². The molecule has 1 saturated heterocycles. The van der Waals surface area contributed by atoms with Gasteiger partial charge in [-0.3, -0.25) is 4.90 Å². The first kappa shape index (κ1) is 15.7. The zero-order valence-corrected chi connectivity index (χ0v) is 13.0. The molecular weight excluding hydrogens is 277 g/mol. The fraction of sp³-hybridized carbons (Fsp3) is 0.625. The fourth-order valence-corrected chi connectivity index (χ4v) is 3.08. The molecule has 1 unspecified atom stereocenters. The number of nitrogens with zero attached hydrogens (tertiary/aromatic N) is 1. The highest BCUT2D eigenvalue weighted by Gasteiger charge is 2.36. The molecule has 1 aromatic carbocycles. The van der Waals surface area contributed by atoms with E-state index in [0.717, 1.165) is 25.9 Å². The number of aliphatic hydroxyl groups is 1. The van der Waals surface area contributed by atoms with Crippen molar-refractivity contribution in [1.29, 1.82) is 0 Å². The van der Waals surface area contributed by atoms with Crippen molar-refractivity contribution in [1.82, 2.24) is 4.90 Å². The minimum atomic E-state index is -0.863. The van der Waals surface area contributed by atoms with Crippen LogP contribution in [0, 0.1) is 5.82 Å². The summed E-state index contributed by atoms with van der Waals surface area (Å²) in [6.07, 6.45) is 3.88. The van der Waals surface area contributed by atoms with Crippen molar-refractivity contribution in [3.63, 3.8) is 0 Å². The van der Waals surface area contributed by atoms with Crippen molar-refractivity contribution >= 4 is 11.6 Å². The zero-order chi connectivity index (χ0) is 14.8. The normalized spacial score (nSPS) is 19.6. The Kier molecular flexibility index (Phi) is 5.05. The molecule has 20 heavy (non-hydrogen) atoms. The quantitative estimate of drug-likeness (QED) is 0.905. The highest BCUT2D eigenvalue weighted by molar-refractivity contribution is 6.30. The van der Waals surface area contributed by atoms with Crippen LogP contribution in [-0.4, -0.2) is 28.6 Å². The molecule has 0 aliphatic carbocycles.